The van der Waals surface area contributed by atoms with Crippen molar-refractivity contribution in [1.29, 1.82) is 0 Å². The summed E-state index contributed by atoms with van der Waals surface area (Å²) in [4.78, 5) is 23.9. The number of aromatic nitrogens is 5. The average molecular weight is 309 g/mol. The van der Waals surface area contributed by atoms with Crippen LogP contribution < -0.4 is 11.1 Å². The van der Waals surface area contributed by atoms with Gasteiger partial charge in [-0.3, -0.25) is 14.5 Å². The molecule has 3 rings (SSSR count). The molecule has 3 aromatic rings. The van der Waals surface area contributed by atoms with Gasteiger partial charge in [0.15, 0.2) is 0 Å². The van der Waals surface area contributed by atoms with Crippen LogP contribution in [0.25, 0.3) is 11.3 Å². The Hall–Kier alpha value is -3.29. The number of hydrogen-bond donors (Lipinski definition) is 2. The molecule has 8 heteroatoms. The van der Waals surface area contributed by atoms with E-state index < -0.39 is 5.91 Å². The van der Waals surface area contributed by atoms with Crippen LogP contribution in [0.15, 0.2) is 36.9 Å². The molecule has 0 saturated carbocycles. The zero-order valence-electron chi connectivity index (χ0n) is 12.7. The van der Waals surface area contributed by atoms with Crippen LogP contribution in [0.1, 0.15) is 16.1 Å². The molecule has 0 aliphatic carbocycles. The summed E-state index contributed by atoms with van der Waals surface area (Å²) in [7, 11) is 1.83. The van der Waals surface area contributed by atoms with E-state index in [2.05, 4.69) is 25.4 Å². The van der Waals surface area contributed by atoms with Gasteiger partial charge in [0.1, 0.15) is 5.69 Å². The van der Waals surface area contributed by atoms with Gasteiger partial charge < -0.3 is 11.1 Å². The van der Waals surface area contributed by atoms with E-state index in [-0.39, 0.29) is 5.69 Å². The van der Waals surface area contributed by atoms with Gasteiger partial charge in [-0.2, -0.15) is 5.10 Å². The molecule has 0 aliphatic rings. The zero-order chi connectivity index (χ0) is 16.4. The first-order valence-electron chi connectivity index (χ1n) is 6.88. The standard InChI is InChI=1S/C15H15N7O/c1-9-5-18-15(20-11-7-19-22(2)8-11)21-13(9)10-3-4-12(14(16)23)17-6-10/h3-8H,1-2H3,(H2,16,23)(H,18,20,21). The Morgan fingerprint density at radius 3 is 2.65 bits per heavy atom. The molecular formula is C15H15N7O. The molecule has 23 heavy (non-hydrogen) atoms. The quantitative estimate of drug-likeness (QED) is 0.754. The van der Waals surface area contributed by atoms with Gasteiger partial charge in [0.25, 0.3) is 5.91 Å². The number of hydrogen-bond acceptors (Lipinski definition) is 6. The Morgan fingerprint density at radius 2 is 2.04 bits per heavy atom. The number of amides is 1. The van der Waals surface area contributed by atoms with Gasteiger partial charge in [0.2, 0.25) is 5.95 Å². The van der Waals surface area contributed by atoms with E-state index >= 15 is 0 Å². The SMILES string of the molecule is Cc1cnc(Nc2cnn(C)c2)nc1-c1ccc(C(N)=O)nc1. The van der Waals surface area contributed by atoms with Crippen molar-refractivity contribution in [2.24, 2.45) is 12.8 Å². The van der Waals surface area contributed by atoms with Crippen molar-refractivity contribution < 1.29 is 4.79 Å². The highest BCUT2D eigenvalue weighted by atomic mass is 16.1. The Morgan fingerprint density at radius 1 is 1.22 bits per heavy atom. The summed E-state index contributed by atoms with van der Waals surface area (Å²) in [5.74, 6) is -0.104. The fourth-order valence-electron chi connectivity index (χ4n) is 2.09. The zero-order valence-corrected chi connectivity index (χ0v) is 12.7. The van der Waals surface area contributed by atoms with E-state index in [1.54, 1.807) is 35.4 Å². The number of nitrogens with two attached hydrogens (primary N) is 1. The van der Waals surface area contributed by atoms with E-state index in [1.807, 2.05) is 20.2 Å². The summed E-state index contributed by atoms with van der Waals surface area (Å²) >= 11 is 0. The molecule has 0 spiro atoms. The van der Waals surface area contributed by atoms with E-state index in [9.17, 15) is 4.79 Å². The Kier molecular flexibility index (Phi) is 3.71. The molecule has 1 amide bonds. The van der Waals surface area contributed by atoms with Crippen LogP contribution in [-0.4, -0.2) is 30.6 Å². The molecule has 0 bridgehead atoms. The lowest BCUT2D eigenvalue weighted by molar-refractivity contribution is 0.0995. The molecule has 3 N–H and O–H groups in total. The number of carbonyl (C=O) groups is 1. The second-order valence-corrected chi connectivity index (χ2v) is 5.05. The van der Waals surface area contributed by atoms with Crippen LogP contribution in [0.2, 0.25) is 0 Å². The van der Waals surface area contributed by atoms with E-state index in [1.165, 1.54) is 0 Å². The summed E-state index contributed by atoms with van der Waals surface area (Å²) in [5.41, 5.74) is 8.62. The maximum atomic E-state index is 11.1. The van der Waals surface area contributed by atoms with E-state index in [0.29, 0.717) is 5.95 Å². The van der Waals surface area contributed by atoms with Crippen LogP contribution in [0, 0.1) is 6.92 Å². The Bertz CT molecular complexity index is 855. The maximum Gasteiger partial charge on any atom is 0.267 e. The molecule has 0 aliphatic heterocycles. The highest BCUT2D eigenvalue weighted by Gasteiger charge is 2.09. The average Bonchev–Trinajstić information content (AvgIpc) is 2.94. The molecule has 0 fully saturated rings. The molecular weight excluding hydrogens is 294 g/mol. The van der Waals surface area contributed by atoms with Crippen LogP contribution in [-0.2, 0) is 7.05 Å². The van der Waals surface area contributed by atoms with Gasteiger partial charge in [0, 0.05) is 31.2 Å². The summed E-state index contributed by atoms with van der Waals surface area (Å²) < 4.78 is 1.68. The topological polar surface area (TPSA) is 112 Å². The minimum Gasteiger partial charge on any atom is -0.364 e. The number of pyridine rings is 1. The summed E-state index contributed by atoms with van der Waals surface area (Å²) in [6.07, 6.45) is 6.81. The lowest BCUT2D eigenvalue weighted by atomic mass is 10.1. The Balaban J connectivity index is 1.92. The number of rotatable bonds is 4. The van der Waals surface area contributed by atoms with Gasteiger partial charge in [-0.25, -0.2) is 9.97 Å². The van der Waals surface area contributed by atoms with Crippen molar-refractivity contribution in [3.63, 3.8) is 0 Å². The summed E-state index contributed by atoms with van der Waals surface area (Å²) in [6.45, 7) is 1.91. The largest absolute Gasteiger partial charge is 0.364 e. The molecule has 0 saturated heterocycles. The van der Waals surface area contributed by atoms with Crippen LogP contribution in [0.4, 0.5) is 11.6 Å². The van der Waals surface area contributed by atoms with Gasteiger partial charge >= 0.3 is 0 Å². The highest BCUT2D eigenvalue weighted by molar-refractivity contribution is 5.91. The highest BCUT2D eigenvalue weighted by Crippen LogP contribution is 2.22. The number of primary amides is 1. The second-order valence-electron chi connectivity index (χ2n) is 5.05. The first-order chi connectivity index (χ1) is 11.0. The molecule has 3 aromatic heterocycles. The predicted molar refractivity (Wildman–Crippen MR) is 85.0 cm³/mol. The molecule has 0 radical (unpaired) electrons. The number of nitrogens with zero attached hydrogens (tertiary/aromatic N) is 5. The lowest BCUT2D eigenvalue weighted by Gasteiger charge is -2.08. The summed E-state index contributed by atoms with van der Waals surface area (Å²) in [5, 5.41) is 7.17. The van der Waals surface area contributed by atoms with Gasteiger partial charge in [0.05, 0.1) is 17.6 Å². The smallest absolute Gasteiger partial charge is 0.267 e. The minimum absolute atomic E-state index is 0.217. The van der Waals surface area contributed by atoms with Crippen molar-refractivity contribution in [3.05, 3.63) is 48.2 Å². The number of anilines is 2. The fourth-order valence-corrected chi connectivity index (χ4v) is 2.09. The van der Waals surface area contributed by atoms with Gasteiger partial charge in [-0.05, 0) is 24.6 Å². The third kappa shape index (κ3) is 3.15. The van der Waals surface area contributed by atoms with Crippen molar-refractivity contribution in [2.75, 3.05) is 5.32 Å². The van der Waals surface area contributed by atoms with Crippen LogP contribution >= 0.6 is 0 Å². The molecule has 116 valence electrons. The van der Waals surface area contributed by atoms with Gasteiger partial charge in [-0.15, -0.1) is 0 Å². The third-order valence-corrected chi connectivity index (χ3v) is 3.22. The van der Waals surface area contributed by atoms with Crippen molar-refractivity contribution >= 4 is 17.5 Å². The molecule has 0 unspecified atom stereocenters. The van der Waals surface area contributed by atoms with Crippen LogP contribution in [0.3, 0.4) is 0 Å². The van der Waals surface area contributed by atoms with Crippen molar-refractivity contribution in [3.8, 4) is 11.3 Å². The molecule has 3 heterocycles. The first kappa shape index (κ1) is 14.6. The van der Waals surface area contributed by atoms with E-state index in [4.69, 9.17) is 5.73 Å². The fraction of sp³-hybridized carbons (Fsp3) is 0.133. The first-order valence-corrected chi connectivity index (χ1v) is 6.88. The van der Waals surface area contributed by atoms with E-state index in [0.717, 1.165) is 22.5 Å². The van der Waals surface area contributed by atoms with Crippen molar-refractivity contribution in [1.82, 2.24) is 24.7 Å². The lowest BCUT2D eigenvalue weighted by Crippen LogP contribution is -2.12. The van der Waals surface area contributed by atoms with Gasteiger partial charge in [-0.1, -0.05) is 0 Å². The molecule has 8 nitrogen and oxygen atoms in total. The Labute approximate surface area is 132 Å². The number of carbonyl (C=O) groups excluding carboxylic acids is 1. The molecule has 0 aromatic carbocycles. The summed E-state index contributed by atoms with van der Waals surface area (Å²) in [6, 6.07) is 3.34. The van der Waals surface area contributed by atoms with Crippen molar-refractivity contribution in [2.45, 2.75) is 6.92 Å². The monoisotopic (exact) mass is 309 g/mol. The number of nitrogens with one attached hydrogen (secondary N) is 1. The normalized spacial score (nSPS) is 10.5. The number of aryl methyl sites for hydroxylation is 2. The molecule has 0 atom stereocenters. The predicted octanol–water partition coefficient (Wildman–Crippen LogP) is 1.42. The maximum absolute atomic E-state index is 11.1. The third-order valence-electron chi connectivity index (χ3n) is 3.22. The second kappa shape index (κ2) is 5.84. The van der Waals surface area contributed by atoms with Crippen LogP contribution in [0.5, 0.6) is 0 Å². The minimum atomic E-state index is -0.560.